The molecule has 94 valence electrons. The summed E-state index contributed by atoms with van der Waals surface area (Å²) in [6, 6.07) is 0. The zero-order valence-electron chi connectivity index (χ0n) is 9.23. The lowest BCUT2D eigenvalue weighted by Crippen LogP contribution is -2.33. The number of thiocarbonyl (C=S) groups is 1. The van der Waals surface area contributed by atoms with E-state index in [9.17, 15) is 9.59 Å². The van der Waals surface area contributed by atoms with Gasteiger partial charge in [0.25, 0.3) is 5.91 Å². The standard InChI is InChI=1S/C10H12ClNO3S2/c1-2-6(3-4-11)8-9(15)12(5-7(13)14)10(16)17-8/h2-5H2,1H3,(H,13,14). The Morgan fingerprint density at radius 1 is 1.59 bits per heavy atom. The number of alkyl halides is 1. The fourth-order valence-corrected chi connectivity index (χ4v) is 3.10. The van der Waals surface area contributed by atoms with Gasteiger partial charge in [-0.2, -0.15) is 0 Å². The van der Waals surface area contributed by atoms with Gasteiger partial charge < -0.3 is 5.11 Å². The molecule has 1 rings (SSSR count). The van der Waals surface area contributed by atoms with Gasteiger partial charge in [-0.15, -0.1) is 11.6 Å². The first kappa shape index (κ1) is 14.5. The molecule has 1 aliphatic rings. The lowest BCUT2D eigenvalue weighted by Gasteiger charge is -2.11. The van der Waals surface area contributed by atoms with E-state index in [2.05, 4.69) is 0 Å². The van der Waals surface area contributed by atoms with Gasteiger partial charge in [0, 0.05) is 5.88 Å². The van der Waals surface area contributed by atoms with E-state index in [0.29, 0.717) is 27.9 Å². The minimum Gasteiger partial charge on any atom is -0.480 e. The maximum Gasteiger partial charge on any atom is 0.323 e. The van der Waals surface area contributed by atoms with Crippen LogP contribution < -0.4 is 0 Å². The van der Waals surface area contributed by atoms with Crippen molar-refractivity contribution in [3.63, 3.8) is 0 Å². The normalized spacial score (nSPS) is 18.8. The van der Waals surface area contributed by atoms with Crippen molar-refractivity contribution in [1.82, 2.24) is 4.90 Å². The van der Waals surface area contributed by atoms with Crippen LogP contribution in [0.1, 0.15) is 19.8 Å². The third-order valence-corrected chi connectivity index (χ3v) is 4.01. The summed E-state index contributed by atoms with van der Waals surface area (Å²) in [6.07, 6.45) is 1.33. The third-order valence-electron chi connectivity index (χ3n) is 2.29. The van der Waals surface area contributed by atoms with Crippen LogP contribution in [0.15, 0.2) is 10.5 Å². The monoisotopic (exact) mass is 293 g/mol. The van der Waals surface area contributed by atoms with Gasteiger partial charge in [-0.05, 0) is 18.4 Å². The van der Waals surface area contributed by atoms with E-state index in [1.165, 1.54) is 0 Å². The quantitative estimate of drug-likeness (QED) is 0.478. The van der Waals surface area contributed by atoms with Crippen LogP contribution in [0.25, 0.3) is 0 Å². The first-order chi connectivity index (χ1) is 8.01. The summed E-state index contributed by atoms with van der Waals surface area (Å²) in [5, 5.41) is 8.69. The van der Waals surface area contributed by atoms with E-state index >= 15 is 0 Å². The summed E-state index contributed by atoms with van der Waals surface area (Å²) in [5.41, 5.74) is 0.935. The number of rotatable bonds is 5. The molecule has 1 heterocycles. The Labute approximate surface area is 114 Å². The average molecular weight is 294 g/mol. The van der Waals surface area contributed by atoms with Gasteiger partial charge in [0.1, 0.15) is 10.9 Å². The summed E-state index contributed by atoms with van der Waals surface area (Å²) in [4.78, 5) is 24.3. The molecular weight excluding hydrogens is 282 g/mol. The second-order valence-corrected chi connectivity index (χ2v) is 5.40. The van der Waals surface area contributed by atoms with Crippen molar-refractivity contribution in [3.8, 4) is 0 Å². The molecule has 0 aromatic rings. The van der Waals surface area contributed by atoms with Crippen LogP contribution in [0, 0.1) is 0 Å². The number of aliphatic carboxylic acids is 1. The largest absolute Gasteiger partial charge is 0.480 e. The van der Waals surface area contributed by atoms with Crippen molar-refractivity contribution in [2.45, 2.75) is 19.8 Å². The Hall–Kier alpha value is -0.590. The molecule has 0 aliphatic carbocycles. The fourth-order valence-electron chi connectivity index (χ4n) is 1.45. The van der Waals surface area contributed by atoms with Crippen molar-refractivity contribution in [1.29, 1.82) is 0 Å². The van der Waals surface area contributed by atoms with Crippen molar-refractivity contribution >= 4 is 51.8 Å². The number of hydrogen-bond acceptors (Lipinski definition) is 4. The van der Waals surface area contributed by atoms with Crippen LogP contribution in [0.4, 0.5) is 0 Å². The molecule has 0 radical (unpaired) electrons. The summed E-state index contributed by atoms with van der Waals surface area (Å²) >= 11 is 11.8. The molecule has 0 atom stereocenters. The molecule has 0 saturated carbocycles. The average Bonchev–Trinajstić information content (AvgIpc) is 2.53. The molecule has 0 aromatic carbocycles. The van der Waals surface area contributed by atoms with E-state index in [4.69, 9.17) is 28.9 Å². The molecule has 1 aliphatic heterocycles. The molecule has 0 aromatic heterocycles. The van der Waals surface area contributed by atoms with Crippen molar-refractivity contribution in [2.24, 2.45) is 0 Å². The maximum absolute atomic E-state index is 12.0. The molecule has 0 bridgehead atoms. The number of halogens is 1. The second kappa shape index (κ2) is 6.37. The molecule has 1 fully saturated rings. The molecule has 1 N–H and O–H groups in total. The minimum atomic E-state index is -1.07. The van der Waals surface area contributed by atoms with Crippen LogP contribution in [0.3, 0.4) is 0 Å². The fraction of sp³-hybridized carbons (Fsp3) is 0.500. The van der Waals surface area contributed by atoms with E-state index < -0.39 is 5.97 Å². The number of thioether (sulfide) groups is 1. The molecular formula is C10H12ClNO3S2. The first-order valence-corrected chi connectivity index (χ1v) is 6.80. The Balaban J connectivity index is 2.96. The summed E-state index contributed by atoms with van der Waals surface area (Å²) in [5.74, 6) is -0.950. The number of allylic oxidation sites excluding steroid dienone is 1. The Morgan fingerprint density at radius 3 is 2.71 bits per heavy atom. The highest BCUT2D eigenvalue weighted by molar-refractivity contribution is 8.26. The predicted molar refractivity (Wildman–Crippen MR) is 72.2 cm³/mol. The van der Waals surface area contributed by atoms with Crippen LogP contribution in [0.5, 0.6) is 0 Å². The SMILES string of the molecule is CCC(CCCl)=C1SC(=S)N(CC(=O)O)C1=O. The highest BCUT2D eigenvalue weighted by Gasteiger charge is 2.34. The van der Waals surface area contributed by atoms with Crippen molar-refractivity contribution in [2.75, 3.05) is 12.4 Å². The third kappa shape index (κ3) is 3.43. The van der Waals surface area contributed by atoms with Crippen molar-refractivity contribution in [3.05, 3.63) is 10.5 Å². The van der Waals surface area contributed by atoms with Gasteiger partial charge in [0.15, 0.2) is 0 Å². The van der Waals surface area contributed by atoms with Crippen LogP contribution in [0.2, 0.25) is 0 Å². The van der Waals surface area contributed by atoms with Crippen LogP contribution in [-0.2, 0) is 9.59 Å². The summed E-state index contributed by atoms with van der Waals surface area (Å²) in [6.45, 7) is 1.55. The van der Waals surface area contributed by atoms with E-state index in [1.54, 1.807) is 0 Å². The summed E-state index contributed by atoms with van der Waals surface area (Å²) in [7, 11) is 0. The lowest BCUT2D eigenvalue weighted by atomic mass is 10.1. The molecule has 17 heavy (non-hydrogen) atoms. The van der Waals surface area contributed by atoms with Crippen LogP contribution >= 0.6 is 35.6 Å². The zero-order valence-corrected chi connectivity index (χ0v) is 11.6. The van der Waals surface area contributed by atoms with Gasteiger partial charge >= 0.3 is 5.97 Å². The maximum atomic E-state index is 12.0. The lowest BCUT2D eigenvalue weighted by molar-refractivity contribution is -0.140. The molecule has 7 heteroatoms. The molecule has 4 nitrogen and oxygen atoms in total. The Kier molecular flexibility index (Phi) is 5.42. The highest BCUT2D eigenvalue weighted by atomic mass is 35.5. The number of carboxylic acid groups (broad SMARTS) is 1. The number of amides is 1. The van der Waals surface area contributed by atoms with Crippen LogP contribution in [-0.4, -0.2) is 38.6 Å². The Bertz CT molecular complexity index is 395. The van der Waals surface area contributed by atoms with E-state index in [1.807, 2.05) is 6.92 Å². The van der Waals surface area contributed by atoms with E-state index in [0.717, 1.165) is 22.2 Å². The number of carbonyl (C=O) groups excluding carboxylic acids is 1. The van der Waals surface area contributed by atoms with Gasteiger partial charge in [0.2, 0.25) is 0 Å². The number of hydrogen-bond donors (Lipinski definition) is 1. The second-order valence-electron chi connectivity index (χ2n) is 3.38. The molecule has 1 saturated heterocycles. The first-order valence-electron chi connectivity index (χ1n) is 5.04. The van der Waals surface area contributed by atoms with Gasteiger partial charge in [0.05, 0.1) is 4.91 Å². The van der Waals surface area contributed by atoms with Gasteiger partial charge in [-0.25, -0.2) is 0 Å². The van der Waals surface area contributed by atoms with Gasteiger partial charge in [-0.1, -0.05) is 30.9 Å². The molecule has 0 spiro atoms. The minimum absolute atomic E-state index is 0.299. The number of carbonyl (C=O) groups is 2. The highest BCUT2D eigenvalue weighted by Crippen LogP contribution is 2.35. The molecule has 1 amide bonds. The zero-order chi connectivity index (χ0) is 13.0. The van der Waals surface area contributed by atoms with E-state index in [-0.39, 0.29) is 12.5 Å². The van der Waals surface area contributed by atoms with Gasteiger partial charge in [-0.3, -0.25) is 14.5 Å². The Morgan fingerprint density at radius 2 is 2.24 bits per heavy atom. The molecule has 0 unspecified atom stereocenters. The number of nitrogens with zero attached hydrogens (tertiary/aromatic N) is 1. The topological polar surface area (TPSA) is 57.6 Å². The predicted octanol–water partition coefficient (Wildman–Crippen LogP) is 2.22. The van der Waals surface area contributed by atoms with Crippen molar-refractivity contribution < 1.29 is 14.7 Å². The smallest absolute Gasteiger partial charge is 0.323 e. The number of carboxylic acids is 1. The summed E-state index contributed by atoms with van der Waals surface area (Å²) < 4.78 is 0.299.